The second kappa shape index (κ2) is 6.51. The SMILES string of the molecule is CC(C)(C(=O)NCCc1ccncc1)C1=CCCC=C1. The van der Waals surface area contributed by atoms with Gasteiger partial charge < -0.3 is 5.32 Å². The van der Waals surface area contributed by atoms with Crippen molar-refractivity contribution in [2.75, 3.05) is 6.54 Å². The highest BCUT2D eigenvalue weighted by molar-refractivity contribution is 5.85. The molecule has 0 atom stereocenters. The van der Waals surface area contributed by atoms with Crippen molar-refractivity contribution in [3.8, 4) is 0 Å². The van der Waals surface area contributed by atoms with Crippen molar-refractivity contribution in [3.05, 3.63) is 53.9 Å². The first kappa shape index (κ1) is 14.5. The van der Waals surface area contributed by atoms with Gasteiger partial charge in [0.25, 0.3) is 0 Å². The Morgan fingerprint density at radius 3 is 2.70 bits per heavy atom. The highest BCUT2D eigenvalue weighted by atomic mass is 16.2. The Kier molecular flexibility index (Phi) is 4.72. The van der Waals surface area contributed by atoms with Gasteiger partial charge in [-0.05, 0) is 56.4 Å². The summed E-state index contributed by atoms with van der Waals surface area (Å²) in [5.74, 6) is 0.0874. The van der Waals surface area contributed by atoms with Crippen molar-refractivity contribution in [3.63, 3.8) is 0 Å². The first-order valence-corrected chi connectivity index (χ1v) is 7.15. The van der Waals surface area contributed by atoms with E-state index in [1.54, 1.807) is 12.4 Å². The van der Waals surface area contributed by atoms with E-state index in [0.29, 0.717) is 6.54 Å². The highest BCUT2D eigenvalue weighted by Crippen LogP contribution is 2.30. The number of pyridine rings is 1. The van der Waals surface area contributed by atoms with Gasteiger partial charge >= 0.3 is 0 Å². The van der Waals surface area contributed by atoms with Crippen molar-refractivity contribution in [2.45, 2.75) is 33.1 Å². The predicted octanol–water partition coefficient (Wildman–Crippen LogP) is 3.04. The van der Waals surface area contributed by atoms with E-state index >= 15 is 0 Å². The van der Waals surface area contributed by atoms with Crippen LogP contribution in [0.2, 0.25) is 0 Å². The zero-order valence-corrected chi connectivity index (χ0v) is 12.2. The number of amides is 1. The third kappa shape index (κ3) is 3.56. The van der Waals surface area contributed by atoms with Gasteiger partial charge in [-0.1, -0.05) is 18.2 Å². The summed E-state index contributed by atoms with van der Waals surface area (Å²) in [5, 5.41) is 3.03. The lowest BCUT2D eigenvalue weighted by Gasteiger charge is -2.26. The monoisotopic (exact) mass is 270 g/mol. The Labute approximate surface area is 120 Å². The fourth-order valence-electron chi connectivity index (χ4n) is 2.30. The minimum absolute atomic E-state index is 0.0874. The average molecular weight is 270 g/mol. The van der Waals surface area contributed by atoms with Crippen LogP contribution in [0.25, 0.3) is 0 Å². The Morgan fingerprint density at radius 2 is 2.05 bits per heavy atom. The smallest absolute Gasteiger partial charge is 0.230 e. The summed E-state index contributed by atoms with van der Waals surface area (Å²) >= 11 is 0. The number of aromatic nitrogens is 1. The third-order valence-corrected chi connectivity index (χ3v) is 3.73. The van der Waals surface area contributed by atoms with Gasteiger partial charge in [-0.2, -0.15) is 0 Å². The normalized spacial score (nSPS) is 14.8. The summed E-state index contributed by atoms with van der Waals surface area (Å²) in [5.41, 5.74) is 1.84. The van der Waals surface area contributed by atoms with Gasteiger partial charge in [0, 0.05) is 18.9 Å². The van der Waals surface area contributed by atoms with Crippen molar-refractivity contribution in [1.29, 1.82) is 0 Å². The number of hydrogen-bond acceptors (Lipinski definition) is 2. The molecule has 1 aliphatic carbocycles. The van der Waals surface area contributed by atoms with Crippen LogP contribution in [0, 0.1) is 5.41 Å². The van der Waals surface area contributed by atoms with Crippen LogP contribution < -0.4 is 5.32 Å². The number of nitrogens with one attached hydrogen (secondary N) is 1. The van der Waals surface area contributed by atoms with Gasteiger partial charge in [-0.15, -0.1) is 0 Å². The molecular weight excluding hydrogens is 248 g/mol. The Morgan fingerprint density at radius 1 is 1.30 bits per heavy atom. The minimum atomic E-state index is -0.463. The zero-order valence-electron chi connectivity index (χ0n) is 12.2. The van der Waals surface area contributed by atoms with E-state index in [1.807, 2.05) is 26.0 Å². The Hall–Kier alpha value is -1.90. The molecule has 1 amide bonds. The molecule has 0 bridgehead atoms. The van der Waals surface area contributed by atoms with E-state index in [-0.39, 0.29) is 5.91 Å². The second-order valence-electron chi connectivity index (χ2n) is 5.63. The lowest BCUT2D eigenvalue weighted by atomic mass is 9.80. The van der Waals surface area contributed by atoms with Crippen LogP contribution in [-0.4, -0.2) is 17.4 Å². The highest BCUT2D eigenvalue weighted by Gasteiger charge is 2.30. The van der Waals surface area contributed by atoms with E-state index in [2.05, 4.69) is 28.5 Å². The maximum absolute atomic E-state index is 12.4. The summed E-state index contributed by atoms with van der Waals surface area (Å²) in [7, 11) is 0. The molecule has 3 nitrogen and oxygen atoms in total. The molecular formula is C17H22N2O. The van der Waals surface area contributed by atoms with E-state index in [4.69, 9.17) is 0 Å². The van der Waals surface area contributed by atoms with Crippen LogP contribution in [0.1, 0.15) is 32.3 Å². The molecule has 0 aliphatic heterocycles. The molecule has 1 aromatic heterocycles. The van der Waals surface area contributed by atoms with Gasteiger partial charge in [0.05, 0.1) is 5.41 Å². The molecule has 0 fully saturated rings. The maximum atomic E-state index is 12.4. The van der Waals surface area contributed by atoms with E-state index in [0.717, 1.165) is 24.8 Å². The maximum Gasteiger partial charge on any atom is 0.230 e. The lowest BCUT2D eigenvalue weighted by molar-refractivity contribution is -0.127. The summed E-state index contributed by atoms with van der Waals surface area (Å²) in [4.78, 5) is 16.3. The van der Waals surface area contributed by atoms with E-state index < -0.39 is 5.41 Å². The summed E-state index contributed by atoms with van der Waals surface area (Å²) < 4.78 is 0. The lowest BCUT2D eigenvalue weighted by Crippen LogP contribution is -2.39. The molecule has 1 heterocycles. The first-order valence-electron chi connectivity index (χ1n) is 7.15. The van der Waals surface area contributed by atoms with E-state index in [1.165, 1.54) is 5.56 Å². The van der Waals surface area contributed by atoms with Crippen LogP contribution in [0.3, 0.4) is 0 Å². The molecule has 2 rings (SSSR count). The zero-order chi connectivity index (χ0) is 14.4. The number of nitrogens with zero attached hydrogens (tertiary/aromatic N) is 1. The minimum Gasteiger partial charge on any atom is -0.355 e. The molecule has 0 saturated heterocycles. The standard InChI is InChI=1S/C17H22N2O/c1-17(2,15-6-4-3-5-7-15)16(20)19-13-10-14-8-11-18-12-9-14/h4,6-9,11-12H,3,5,10,13H2,1-2H3,(H,19,20). The fourth-order valence-corrected chi connectivity index (χ4v) is 2.30. The molecule has 0 spiro atoms. The second-order valence-corrected chi connectivity index (χ2v) is 5.63. The van der Waals surface area contributed by atoms with Gasteiger partial charge in [-0.3, -0.25) is 9.78 Å². The molecule has 0 radical (unpaired) electrons. The van der Waals surface area contributed by atoms with Gasteiger partial charge in [0.15, 0.2) is 0 Å². The number of carbonyl (C=O) groups is 1. The quantitative estimate of drug-likeness (QED) is 0.893. The molecule has 3 heteroatoms. The van der Waals surface area contributed by atoms with Gasteiger partial charge in [0.2, 0.25) is 5.91 Å². The van der Waals surface area contributed by atoms with Crippen molar-refractivity contribution in [1.82, 2.24) is 10.3 Å². The summed E-state index contributed by atoms with van der Waals surface area (Å²) in [6, 6.07) is 3.95. The summed E-state index contributed by atoms with van der Waals surface area (Å²) in [6.07, 6.45) is 12.9. The van der Waals surface area contributed by atoms with Crippen LogP contribution in [-0.2, 0) is 11.2 Å². The number of allylic oxidation sites excluding steroid dienone is 3. The Bertz CT molecular complexity index is 515. The van der Waals surface area contributed by atoms with Crippen molar-refractivity contribution < 1.29 is 4.79 Å². The molecule has 106 valence electrons. The number of hydrogen-bond donors (Lipinski definition) is 1. The molecule has 1 aliphatic rings. The Balaban J connectivity index is 1.88. The number of rotatable bonds is 5. The van der Waals surface area contributed by atoms with Crippen molar-refractivity contribution >= 4 is 5.91 Å². The molecule has 0 unspecified atom stereocenters. The van der Waals surface area contributed by atoms with E-state index in [9.17, 15) is 4.79 Å². The molecule has 1 N–H and O–H groups in total. The van der Waals surface area contributed by atoms with Gasteiger partial charge in [-0.25, -0.2) is 0 Å². The van der Waals surface area contributed by atoms with Crippen molar-refractivity contribution in [2.24, 2.45) is 5.41 Å². The number of carbonyl (C=O) groups excluding carboxylic acids is 1. The fraction of sp³-hybridized carbons (Fsp3) is 0.412. The average Bonchev–Trinajstić information content (AvgIpc) is 2.49. The molecule has 1 aromatic rings. The van der Waals surface area contributed by atoms with Crippen LogP contribution in [0.4, 0.5) is 0 Å². The van der Waals surface area contributed by atoms with Gasteiger partial charge in [0.1, 0.15) is 0 Å². The van der Waals surface area contributed by atoms with Crippen LogP contribution >= 0.6 is 0 Å². The topological polar surface area (TPSA) is 42.0 Å². The first-order chi connectivity index (χ1) is 9.60. The molecule has 0 aromatic carbocycles. The largest absolute Gasteiger partial charge is 0.355 e. The molecule has 0 saturated carbocycles. The third-order valence-electron chi connectivity index (χ3n) is 3.73. The van der Waals surface area contributed by atoms with Crippen LogP contribution in [0.15, 0.2) is 48.3 Å². The van der Waals surface area contributed by atoms with Crippen LogP contribution in [0.5, 0.6) is 0 Å². The molecule has 20 heavy (non-hydrogen) atoms. The predicted molar refractivity (Wildman–Crippen MR) is 81.2 cm³/mol. The summed E-state index contributed by atoms with van der Waals surface area (Å²) in [6.45, 7) is 4.62.